The van der Waals surface area contributed by atoms with Crippen LogP contribution >= 0.6 is 0 Å². The van der Waals surface area contributed by atoms with Gasteiger partial charge in [0.2, 0.25) is 0 Å². The topological polar surface area (TPSA) is 115 Å². The van der Waals surface area contributed by atoms with Crippen molar-refractivity contribution in [3.05, 3.63) is 30.3 Å². The molecule has 5 N–H and O–H groups in total. The number of ether oxygens (including phenoxy) is 2. The van der Waals surface area contributed by atoms with Crippen molar-refractivity contribution in [3.8, 4) is 5.88 Å². The number of aromatic amines is 1. The molecule has 7 heteroatoms. The van der Waals surface area contributed by atoms with Crippen LogP contribution in [-0.2, 0) is 4.74 Å². The van der Waals surface area contributed by atoms with Crippen LogP contribution in [-0.4, -0.2) is 62.7 Å². The van der Waals surface area contributed by atoms with Gasteiger partial charge < -0.3 is 34.9 Å². The van der Waals surface area contributed by atoms with Gasteiger partial charge >= 0.3 is 0 Å². The molecule has 5 atom stereocenters. The minimum Gasteiger partial charge on any atom is -0.467 e. The quantitative estimate of drug-likeness (QED) is 0.514. The minimum absolute atomic E-state index is 0.345. The Balaban J connectivity index is 1.80. The van der Waals surface area contributed by atoms with Gasteiger partial charge in [0, 0.05) is 17.0 Å². The van der Waals surface area contributed by atoms with Gasteiger partial charge in [-0.15, -0.1) is 0 Å². The van der Waals surface area contributed by atoms with Gasteiger partial charge in [0.05, 0.1) is 6.61 Å². The van der Waals surface area contributed by atoms with E-state index in [0.29, 0.717) is 5.88 Å². The first-order valence-electron chi connectivity index (χ1n) is 6.65. The van der Waals surface area contributed by atoms with Crippen LogP contribution in [0.15, 0.2) is 30.3 Å². The van der Waals surface area contributed by atoms with Crippen LogP contribution in [0.5, 0.6) is 5.88 Å². The molecule has 0 radical (unpaired) electrons. The fraction of sp³-hybridized carbons (Fsp3) is 0.429. The number of benzene rings is 1. The second kappa shape index (κ2) is 5.63. The first kappa shape index (κ1) is 14.3. The summed E-state index contributed by atoms with van der Waals surface area (Å²) in [6.07, 6.45) is -6.37. The van der Waals surface area contributed by atoms with Crippen molar-refractivity contribution in [1.29, 1.82) is 0 Å². The molecule has 0 unspecified atom stereocenters. The van der Waals surface area contributed by atoms with Gasteiger partial charge in [-0.3, -0.25) is 0 Å². The number of nitrogens with one attached hydrogen (secondary N) is 1. The SMILES string of the molecule is OC[C@H]1O[C@@H](O)[C@H](Oc2cc3ccccc3[nH]2)[C@@H](O)[C@H]1O. The molecular formula is C14H17NO6. The van der Waals surface area contributed by atoms with E-state index >= 15 is 0 Å². The number of para-hydroxylation sites is 1. The molecule has 0 bridgehead atoms. The molecule has 21 heavy (non-hydrogen) atoms. The molecule has 1 aromatic heterocycles. The molecular weight excluding hydrogens is 278 g/mol. The summed E-state index contributed by atoms with van der Waals surface area (Å²) in [4.78, 5) is 2.99. The van der Waals surface area contributed by atoms with Gasteiger partial charge in [-0.1, -0.05) is 18.2 Å². The zero-order valence-electron chi connectivity index (χ0n) is 11.1. The summed E-state index contributed by atoms with van der Waals surface area (Å²) >= 11 is 0. The summed E-state index contributed by atoms with van der Waals surface area (Å²) in [6, 6.07) is 9.22. The Labute approximate surface area is 120 Å². The summed E-state index contributed by atoms with van der Waals surface area (Å²) in [6.45, 7) is -0.506. The highest BCUT2D eigenvalue weighted by Gasteiger charge is 2.45. The molecule has 7 nitrogen and oxygen atoms in total. The van der Waals surface area contributed by atoms with Crippen molar-refractivity contribution in [3.63, 3.8) is 0 Å². The van der Waals surface area contributed by atoms with Gasteiger partial charge in [-0.25, -0.2) is 0 Å². The molecule has 1 saturated heterocycles. The van der Waals surface area contributed by atoms with Crippen LogP contribution in [0.4, 0.5) is 0 Å². The van der Waals surface area contributed by atoms with Crippen molar-refractivity contribution < 1.29 is 29.9 Å². The summed E-state index contributed by atoms with van der Waals surface area (Å²) in [5.74, 6) is 0.345. The van der Waals surface area contributed by atoms with Crippen molar-refractivity contribution >= 4 is 10.9 Å². The van der Waals surface area contributed by atoms with E-state index in [0.717, 1.165) is 10.9 Å². The Morgan fingerprint density at radius 3 is 2.62 bits per heavy atom. The number of fused-ring (bicyclic) bond motifs is 1. The maximum Gasteiger partial charge on any atom is 0.195 e. The van der Waals surface area contributed by atoms with Crippen LogP contribution in [0.3, 0.4) is 0 Å². The Bertz CT molecular complexity index is 581. The maximum atomic E-state index is 10.0. The first-order chi connectivity index (χ1) is 10.1. The average molecular weight is 295 g/mol. The molecule has 1 aliphatic rings. The predicted octanol–water partition coefficient (Wildman–Crippen LogP) is -0.653. The standard InChI is InChI=1S/C14H17NO6/c16-6-9-11(17)12(18)13(14(19)20-9)21-10-5-7-3-1-2-4-8(7)15-10/h1-5,9,11-19H,6H2/t9-,11+,12+,13-,14-/m1/s1. The first-order valence-corrected chi connectivity index (χ1v) is 6.65. The lowest BCUT2D eigenvalue weighted by atomic mass is 9.99. The lowest BCUT2D eigenvalue weighted by Crippen LogP contribution is -2.60. The van der Waals surface area contributed by atoms with Crippen LogP contribution in [0.1, 0.15) is 0 Å². The Morgan fingerprint density at radius 1 is 1.14 bits per heavy atom. The highest BCUT2D eigenvalue weighted by Crippen LogP contribution is 2.26. The molecule has 0 aliphatic carbocycles. The second-order valence-corrected chi connectivity index (χ2v) is 5.03. The third-order valence-electron chi connectivity index (χ3n) is 3.61. The number of H-pyrrole nitrogens is 1. The number of hydrogen-bond acceptors (Lipinski definition) is 6. The van der Waals surface area contributed by atoms with Crippen molar-refractivity contribution in [2.75, 3.05) is 6.61 Å². The minimum atomic E-state index is -1.45. The van der Waals surface area contributed by atoms with Crippen LogP contribution in [0.2, 0.25) is 0 Å². The molecule has 0 saturated carbocycles. The number of hydrogen-bond donors (Lipinski definition) is 5. The van der Waals surface area contributed by atoms with E-state index in [1.165, 1.54) is 0 Å². The molecule has 0 amide bonds. The summed E-state index contributed by atoms with van der Waals surface area (Å²) in [5, 5.41) is 39.6. The Morgan fingerprint density at radius 2 is 1.90 bits per heavy atom. The summed E-state index contributed by atoms with van der Waals surface area (Å²) in [5.41, 5.74) is 0.849. The van der Waals surface area contributed by atoms with E-state index in [1.807, 2.05) is 24.3 Å². The molecule has 3 rings (SSSR count). The Kier molecular flexibility index (Phi) is 3.83. The zero-order valence-corrected chi connectivity index (χ0v) is 11.1. The smallest absolute Gasteiger partial charge is 0.195 e. The second-order valence-electron chi connectivity index (χ2n) is 5.03. The molecule has 1 fully saturated rings. The van der Waals surface area contributed by atoms with E-state index in [1.54, 1.807) is 6.07 Å². The fourth-order valence-electron chi connectivity index (χ4n) is 2.46. The molecule has 2 aromatic rings. The lowest BCUT2D eigenvalue weighted by Gasteiger charge is -2.39. The highest BCUT2D eigenvalue weighted by atomic mass is 16.7. The molecule has 1 aromatic carbocycles. The normalized spacial score (nSPS) is 33.2. The molecule has 114 valence electrons. The lowest BCUT2D eigenvalue weighted by molar-refractivity contribution is -0.280. The number of rotatable bonds is 3. The van der Waals surface area contributed by atoms with E-state index in [9.17, 15) is 15.3 Å². The summed E-state index contributed by atoms with van der Waals surface area (Å²) in [7, 11) is 0. The third kappa shape index (κ3) is 2.61. The van der Waals surface area contributed by atoms with Gasteiger partial charge in [0.25, 0.3) is 0 Å². The van der Waals surface area contributed by atoms with Crippen molar-refractivity contribution in [2.24, 2.45) is 0 Å². The maximum absolute atomic E-state index is 10.0. The predicted molar refractivity (Wildman–Crippen MR) is 72.7 cm³/mol. The fourth-order valence-corrected chi connectivity index (χ4v) is 2.46. The van der Waals surface area contributed by atoms with Gasteiger partial charge in [0.15, 0.2) is 18.3 Å². The van der Waals surface area contributed by atoms with Crippen LogP contribution in [0.25, 0.3) is 10.9 Å². The number of aliphatic hydroxyl groups excluding tert-OH is 4. The van der Waals surface area contributed by atoms with Crippen LogP contribution < -0.4 is 4.74 Å². The highest BCUT2D eigenvalue weighted by molar-refractivity contribution is 5.81. The number of aliphatic hydroxyl groups is 4. The largest absolute Gasteiger partial charge is 0.467 e. The Hall–Kier alpha value is -1.64. The van der Waals surface area contributed by atoms with Gasteiger partial charge in [-0.2, -0.15) is 0 Å². The summed E-state index contributed by atoms with van der Waals surface area (Å²) < 4.78 is 10.5. The van der Waals surface area contributed by atoms with E-state index < -0.39 is 37.3 Å². The molecule has 1 aliphatic heterocycles. The van der Waals surface area contributed by atoms with Crippen molar-refractivity contribution in [1.82, 2.24) is 4.98 Å². The molecule has 2 heterocycles. The van der Waals surface area contributed by atoms with Crippen molar-refractivity contribution in [2.45, 2.75) is 30.7 Å². The van der Waals surface area contributed by atoms with Gasteiger partial charge in [-0.05, 0) is 6.07 Å². The van der Waals surface area contributed by atoms with E-state index in [-0.39, 0.29) is 0 Å². The van der Waals surface area contributed by atoms with Gasteiger partial charge in [0.1, 0.15) is 18.3 Å². The average Bonchev–Trinajstić information content (AvgIpc) is 2.89. The zero-order chi connectivity index (χ0) is 15.0. The number of aromatic nitrogens is 1. The van der Waals surface area contributed by atoms with E-state index in [4.69, 9.17) is 14.6 Å². The van der Waals surface area contributed by atoms with E-state index in [2.05, 4.69) is 4.98 Å². The molecule has 0 spiro atoms. The third-order valence-corrected chi connectivity index (χ3v) is 3.61. The monoisotopic (exact) mass is 295 g/mol. The van der Waals surface area contributed by atoms with Crippen LogP contribution in [0, 0.1) is 0 Å².